The third kappa shape index (κ3) is 3.81. The Morgan fingerprint density at radius 1 is 1.37 bits per heavy atom. The Kier molecular flexibility index (Phi) is 4.61. The fraction of sp³-hybridized carbons (Fsp3) is 0.588. The average molecular weight is 256 g/mol. The average Bonchev–Trinajstić information content (AvgIpc) is 2.44. The lowest BCUT2D eigenvalue weighted by Crippen LogP contribution is -2.26. The van der Waals surface area contributed by atoms with Crippen LogP contribution in [0.1, 0.15) is 56.7 Å². The molecular formula is C17H24N2. The van der Waals surface area contributed by atoms with E-state index >= 15 is 0 Å². The molecule has 2 heteroatoms. The molecule has 0 spiro atoms. The van der Waals surface area contributed by atoms with Gasteiger partial charge in [-0.2, -0.15) is 5.26 Å². The zero-order valence-electron chi connectivity index (χ0n) is 12.1. The molecule has 2 nitrogen and oxygen atoms in total. The Labute approximate surface area is 116 Å². The molecule has 0 fully saturated rings. The van der Waals surface area contributed by atoms with E-state index in [1.165, 1.54) is 30.4 Å². The minimum absolute atomic E-state index is 0.188. The zero-order valence-corrected chi connectivity index (χ0v) is 12.1. The number of nitrogens with zero attached hydrogens (tertiary/aromatic N) is 1. The van der Waals surface area contributed by atoms with Crippen molar-refractivity contribution in [2.45, 2.75) is 52.0 Å². The highest BCUT2D eigenvalue weighted by atomic mass is 14.9. The Morgan fingerprint density at radius 3 is 2.95 bits per heavy atom. The van der Waals surface area contributed by atoms with Gasteiger partial charge in [-0.3, -0.25) is 0 Å². The molecule has 0 radical (unpaired) electrons. The Hall–Kier alpha value is -1.33. The van der Waals surface area contributed by atoms with E-state index in [0.29, 0.717) is 6.04 Å². The molecule has 1 aliphatic carbocycles. The van der Waals surface area contributed by atoms with Crippen LogP contribution in [0, 0.1) is 16.7 Å². The summed E-state index contributed by atoms with van der Waals surface area (Å²) in [6.45, 7) is 5.04. The molecule has 1 unspecified atom stereocenters. The SMILES string of the molecule is CC(C)(C#N)CCCNC1CCCc2ccccc21. The maximum atomic E-state index is 9.00. The number of aryl methyl sites for hydroxylation is 1. The number of benzene rings is 1. The van der Waals surface area contributed by atoms with Crippen molar-refractivity contribution in [2.75, 3.05) is 6.54 Å². The monoisotopic (exact) mass is 256 g/mol. The van der Waals surface area contributed by atoms with Gasteiger partial charge in [0.2, 0.25) is 0 Å². The molecule has 1 N–H and O–H groups in total. The molecule has 0 saturated heterocycles. The Balaban J connectivity index is 1.84. The number of nitrogens with one attached hydrogen (secondary N) is 1. The van der Waals surface area contributed by atoms with E-state index in [9.17, 15) is 0 Å². The first-order valence-electron chi connectivity index (χ1n) is 7.35. The van der Waals surface area contributed by atoms with E-state index in [0.717, 1.165) is 19.4 Å². The number of hydrogen-bond acceptors (Lipinski definition) is 2. The van der Waals surface area contributed by atoms with Gasteiger partial charge in [-0.15, -0.1) is 0 Å². The van der Waals surface area contributed by atoms with Crippen molar-refractivity contribution in [1.29, 1.82) is 5.26 Å². The summed E-state index contributed by atoms with van der Waals surface area (Å²) in [6, 6.07) is 11.7. The second kappa shape index (κ2) is 6.21. The summed E-state index contributed by atoms with van der Waals surface area (Å²) in [7, 11) is 0. The zero-order chi connectivity index (χ0) is 13.7. The highest BCUT2D eigenvalue weighted by Gasteiger charge is 2.20. The summed E-state index contributed by atoms with van der Waals surface area (Å²) in [4.78, 5) is 0. The summed E-state index contributed by atoms with van der Waals surface area (Å²) >= 11 is 0. The fourth-order valence-electron chi connectivity index (χ4n) is 2.83. The molecule has 0 heterocycles. The summed E-state index contributed by atoms with van der Waals surface area (Å²) < 4.78 is 0. The lowest BCUT2D eigenvalue weighted by molar-refractivity contribution is 0.399. The van der Waals surface area contributed by atoms with Gasteiger partial charge in [0.25, 0.3) is 0 Å². The Bertz CT molecular complexity index is 457. The third-order valence-corrected chi connectivity index (χ3v) is 4.04. The van der Waals surface area contributed by atoms with Crippen molar-refractivity contribution in [2.24, 2.45) is 5.41 Å². The lowest BCUT2D eigenvalue weighted by Gasteiger charge is -2.27. The van der Waals surface area contributed by atoms with E-state index < -0.39 is 0 Å². The summed E-state index contributed by atoms with van der Waals surface area (Å²) in [6.07, 6.45) is 5.76. The molecule has 1 aromatic carbocycles. The van der Waals surface area contributed by atoms with Crippen molar-refractivity contribution in [1.82, 2.24) is 5.32 Å². The van der Waals surface area contributed by atoms with E-state index in [-0.39, 0.29) is 5.41 Å². The number of nitriles is 1. The summed E-state index contributed by atoms with van der Waals surface area (Å²) in [5.41, 5.74) is 2.79. The van der Waals surface area contributed by atoms with Gasteiger partial charge in [0.1, 0.15) is 0 Å². The van der Waals surface area contributed by atoms with Crippen LogP contribution in [0.2, 0.25) is 0 Å². The van der Waals surface area contributed by atoms with Gasteiger partial charge in [0, 0.05) is 6.04 Å². The highest BCUT2D eigenvalue weighted by Crippen LogP contribution is 2.29. The van der Waals surface area contributed by atoms with E-state index in [1.54, 1.807) is 0 Å². The van der Waals surface area contributed by atoms with E-state index in [4.69, 9.17) is 5.26 Å². The molecule has 1 aromatic rings. The van der Waals surface area contributed by atoms with Gasteiger partial charge >= 0.3 is 0 Å². The normalized spacial score (nSPS) is 18.7. The van der Waals surface area contributed by atoms with Crippen LogP contribution in [-0.2, 0) is 6.42 Å². The smallest absolute Gasteiger partial charge is 0.0683 e. The van der Waals surface area contributed by atoms with Gasteiger partial charge in [-0.25, -0.2) is 0 Å². The number of hydrogen-bond donors (Lipinski definition) is 1. The third-order valence-electron chi connectivity index (χ3n) is 4.04. The molecule has 0 saturated carbocycles. The van der Waals surface area contributed by atoms with Crippen molar-refractivity contribution < 1.29 is 0 Å². The first-order chi connectivity index (χ1) is 9.12. The van der Waals surface area contributed by atoms with Gasteiger partial charge in [-0.05, 0) is 63.6 Å². The molecule has 19 heavy (non-hydrogen) atoms. The number of fused-ring (bicyclic) bond motifs is 1. The summed E-state index contributed by atoms with van der Waals surface area (Å²) in [5.74, 6) is 0. The van der Waals surface area contributed by atoms with Crippen LogP contribution in [0.5, 0.6) is 0 Å². The molecule has 0 aromatic heterocycles. The predicted octanol–water partition coefficient (Wildman–Crippen LogP) is 3.98. The molecule has 2 rings (SSSR count). The molecular weight excluding hydrogens is 232 g/mol. The molecule has 0 amide bonds. The second-order valence-corrected chi connectivity index (χ2v) is 6.20. The molecule has 1 atom stereocenters. The molecule has 0 aliphatic heterocycles. The quantitative estimate of drug-likeness (QED) is 0.809. The van der Waals surface area contributed by atoms with Crippen molar-refractivity contribution in [3.63, 3.8) is 0 Å². The topological polar surface area (TPSA) is 35.8 Å². The van der Waals surface area contributed by atoms with Gasteiger partial charge in [-0.1, -0.05) is 24.3 Å². The van der Waals surface area contributed by atoms with Crippen molar-refractivity contribution >= 4 is 0 Å². The highest BCUT2D eigenvalue weighted by molar-refractivity contribution is 5.32. The predicted molar refractivity (Wildman–Crippen MR) is 78.8 cm³/mol. The van der Waals surface area contributed by atoms with E-state index in [1.807, 2.05) is 13.8 Å². The maximum Gasteiger partial charge on any atom is 0.0683 e. The van der Waals surface area contributed by atoms with E-state index in [2.05, 4.69) is 35.7 Å². The standard InChI is InChI=1S/C17H24N2/c1-17(2,13-18)11-6-12-19-16-10-5-8-14-7-3-4-9-15(14)16/h3-4,7,9,16,19H,5-6,8,10-12H2,1-2H3. The minimum atomic E-state index is -0.188. The van der Waals surface area contributed by atoms with Crippen molar-refractivity contribution in [3.05, 3.63) is 35.4 Å². The lowest BCUT2D eigenvalue weighted by atomic mass is 9.87. The molecule has 102 valence electrons. The van der Waals surface area contributed by atoms with Gasteiger partial charge in [0.05, 0.1) is 11.5 Å². The second-order valence-electron chi connectivity index (χ2n) is 6.20. The van der Waals surface area contributed by atoms with Crippen LogP contribution in [0.4, 0.5) is 0 Å². The van der Waals surface area contributed by atoms with Crippen LogP contribution in [-0.4, -0.2) is 6.54 Å². The van der Waals surface area contributed by atoms with Crippen LogP contribution in [0.15, 0.2) is 24.3 Å². The first-order valence-corrected chi connectivity index (χ1v) is 7.35. The maximum absolute atomic E-state index is 9.00. The van der Waals surface area contributed by atoms with Crippen molar-refractivity contribution in [3.8, 4) is 6.07 Å². The fourth-order valence-corrected chi connectivity index (χ4v) is 2.83. The first kappa shape index (κ1) is 14.1. The van der Waals surface area contributed by atoms with Crippen LogP contribution < -0.4 is 5.32 Å². The Morgan fingerprint density at radius 2 is 2.16 bits per heavy atom. The van der Waals surface area contributed by atoms with Crippen LogP contribution in [0.3, 0.4) is 0 Å². The van der Waals surface area contributed by atoms with Gasteiger partial charge in [0.15, 0.2) is 0 Å². The summed E-state index contributed by atoms with van der Waals surface area (Å²) in [5, 5.41) is 12.7. The largest absolute Gasteiger partial charge is 0.310 e. The van der Waals surface area contributed by atoms with Gasteiger partial charge < -0.3 is 5.32 Å². The van der Waals surface area contributed by atoms with Crippen LogP contribution in [0.25, 0.3) is 0 Å². The van der Waals surface area contributed by atoms with Crippen LogP contribution >= 0.6 is 0 Å². The molecule has 1 aliphatic rings. The molecule has 0 bridgehead atoms. The minimum Gasteiger partial charge on any atom is -0.310 e. The number of rotatable bonds is 5.